The Bertz CT molecular complexity index is 417. The lowest BCUT2D eigenvalue weighted by Gasteiger charge is -2.10. The molecule has 4 nitrogen and oxygen atoms in total. The van der Waals surface area contributed by atoms with E-state index in [0.717, 1.165) is 11.0 Å². The summed E-state index contributed by atoms with van der Waals surface area (Å²) in [5.74, 6) is -0.360. The summed E-state index contributed by atoms with van der Waals surface area (Å²) in [5.41, 5.74) is -0.978. The summed E-state index contributed by atoms with van der Waals surface area (Å²) >= 11 is 5.73. The molecular weight excluding hydrogens is 247 g/mol. The molecule has 0 saturated carbocycles. The van der Waals surface area contributed by atoms with Crippen LogP contribution in [0.2, 0.25) is 0 Å². The predicted octanol–water partition coefficient (Wildman–Crippen LogP) is 1.77. The molecule has 1 amide bonds. The Balaban J connectivity index is 2.23. The van der Waals surface area contributed by atoms with Crippen LogP contribution in [0.4, 0.5) is 19.0 Å². The maximum atomic E-state index is 12.3. The number of alkyl halides is 4. The Kier molecular flexibility index (Phi) is 2.57. The number of nitrogens with zero attached hydrogens (tertiary/aromatic N) is 2. The largest absolute Gasteiger partial charge is 0.432 e. The standard InChI is InChI=1S/C8H7ClF3N3O/c9-4-1-7(16)15(3-4)6-2-5(13-14-6)8(10,11)12/h2,4H,1,3H2,(H,13,14). The molecule has 1 aliphatic rings. The van der Waals surface area contributed by atoms with Crippen molar-refractivity contribution in [3.05, 3.63) is 11.8 Å². The summed E-state index contributed by atoms with van der Waals surface area (Å²) in [7, 11) is 0. The van der Waals surface area contributed by atoms with Gasteiger partial charge in [0.2, 0.25) is 5.91 Å². The van der Waals surface area contributed by atoms with Crippen LogP contribution < -0.4 is 4.90 Å². The molecule has 2 heterocycles. The second-order valence-electron chi connectivity index (χ2n) is 3.44. The van der Waals surface area contributed by atoms with Crippen LogP contribution in [0, 0.1) is 0 Å². The molecule has 1 fully saturated rings. The fourth-order valence-corrected chi connectivity index (χ4v) is 1.75. The number of aromatic amines is 1. The highest BCUT2D eigenvalue weighted by Crippen LogP contribution is 2.31. The highest BCUT2D eigenvalue weighted by molar-refractivity contribution is 6.24. The first-order chi connectivity index (χ1) is 7.38. The second-order valence-corrected chi connectivity index (χ2v) is 4.06. The molecule has 0 aromatic carbocycles. The molecule has 0 radical (unpaired) electrons. The van der Waals surface area contributed by atoms with Crippen LogP contribution in [-0.4, -0.2) is 28.0 Å². The molecule has 8 heteroatoms. The number of carbonyl (C=O) groups is 1. The van der Waals surface area contributed by atoms with Crippen LogP contribution in [0.15, 0.2) is 6.07 Å². The fourth-order valence-electron chi connectivity index (χ4n) is 1.48. The van der Waals surface area contributed by atoms with Crippen LogP contribution in [0.25, 0.3) is 0 Å². The van der Waals surface area contributed by atoms with E-state index in [1.807, 2.05) is 5.10 Å². The number of aromatic nitrogens is 2. The smallest absolute Gasteiger partial charge is 0.294 e. The first-order valence-corrected chi connectivity index (χ1v) is 4.88. The Labute approximate surface area is 93.4 Å². The zero-order chi connectivity index (χ0) is 11.9. The summed E-state index contributed by atoms with van der Waals surface area (Å²) in [6, 6.07) is 0.798. The summed E-state index contributed by atoms with van der Waals surface area (Å²) in [4.78, 5) is 12.5. The van der Waals surface area contributed by atoms with Crippen molar-refractivity contribution >= 4 is 23.3 Å². The van der Waals surface area contributed by atoms with Gasteiger partial charge in [-0.25, -0.2) is 0 Å². The first-order valence-electron chi connectivity index (χ1n) is 4.45. The number of anilines is 1. The topological polar surface area (TPSA) is 49.0 Å². The highest BCUT2D eigenvalue weighted by atomic mass is 35.5. The second kappa shape index (κ2) is 3.65. The van der Waals surface area contributed by atoms with Gasteiger partial charge in [-0.3, -0.25) is 14.8 Å². The van der Waals surface area contributed by atoms with Gasteiger partial charge >= 0.3 is 6.18 Å². The number of amides is 1. The third-order valence-electron chi connectivity index (χ3n) is 2.22. The van der Waals surface area contributed by atoms with Gasteiger partial charge in [0.15, 0.2) is 5.82 Å². The molecule has 1 unspecified atom stereocenters. The van der Waals surface area contributed by atoms with Gasteiger partial charge in [0.05, 0.1) is 5.38 Å². The van der Waals surface area contributed by atoms with Crippen molar-refractivity contribution in [2.75, 3.05) is 11.4 Å². The zero-order valence-electron chi connectivity index (χ0n) is 7.88. The average molecular weight is 254 g/mol. The van der Waals surface area contributed by atoms with E-state index in [4.69, 9.17) is 11.6 Å². The number of rotatable bonds is 1. The molecule has 1 aromatic rings. The first kappa shape index (κ1) is 11.3. The molecule has 2 rings (SSSR count). The van der Waals surface area contributed by atoms with E-state index in [0.29, 0.717) is 0 Å². The van der Waals surface area contributed by atoms with E-state index in [1.54, 1.807) is 0 Å². The molecule has 1 saturated heterocycles. The van der Waals surface area contributed by atoms with Gasteiger partial charge < -0.3 is 0 Å². The number of nitrogens with one attached hydrogen (secondary N) is 1. The lowest BCUT2D eigenvalue weighted by Crippen LogP contribution is -2.24. The molecular formula is C8H7ClF3N3O. The Hall–Kier alpha value is -1.24. The fraction of sp³-hybridized carbons (Fsp3) is 0.500. The molecule has 1 aliphatic heterocycles. The van der Waals surface area contributed by atoms with E-state index < -0.39 is 11.9 Å². The molecule has 0 spiro atoms. The maximum absolute atomic E-state index is 12.3. The van der Waals surface area contributed by atoms with Crippen LogP contribution in [0.1, 0.15) is 12.1 Å². The highest BCUT2D eigenvalue weighted by Gasteiger charge is 2.36. The summed E-state index contributed by atoms with van der Waals surface area (Å²) in [6.45, 7) is 0.183. The van der Waals surface area contributed by atoms with Crippen molar-refractivity contribution < 1.29 is 18.0 Å². The lowest BCUT2D eigenvalue weighted by atomic mass is 10.4. The number of H-pyrrole nitrogens is 1. The SMILES string of the molecule is O=C1CC(Cl)CN1c1cc(C(F)(F)F)[nH]n1. The summed E-state index contributed by atoms with van der Waals surface area (Å²) in [6.07, 6.45) is -4.37. The molecule has 1 aromatic heterocycles. The van der Waals surface area contributed by atoms with Gasteiger partial charge in [-0.1, -0.05) is 0 Å². The van der Waals surface area contributed by atoms with E-state index in [2.05, 4.69) is 5.10 Å². The monoisotopic (exact) mass is 253 g/mol. The van der Waals surface area contributed by atoms with Crippen LogP contribution >= 0.6 is 11.6 Å². The average Bonchev–Trinajstić information content (AvgIpc) is 2.70. The van der Waals surface area contributed by atoms with Gasteiger partial charge in [0.1, 0.15) is 5.69 Å². The lowest BCUT2D eigenvalue weighted by molar-refractivity contribution is -0.141. The number of hydrogen-bond acceptors (Lipinski definition) is 2. The number of hydrogen-bond donors (Lipinski definition) is 1. The third kappa shape index (κ3) is 1.99. The van der Waals surface area contributed by atoms with Gasteiger partial charge in [-0.05, 0) is 0 Å². The van der Waals surface area contributed by atoms with E-state index in [9.17, 15) is 18.0 Å². The maximum Gasteiger partial charge on any atom is 0.432 e. The van der Waals surface area contributed by atoms with E-state index in [1.165, 1.54) is 0 Å². The van der Waals surface area contributed by atoms with Gasteiger partial charge in [-0.15, -0.1) is 11.6 Å². The van der Waals surface area contributed by atoms with Crippen LogP contribution in [-0.2, 0) is 11.0 Å². The van der Waals surface area contributed by atoms with Crippen molar-refractivity contribution in [2.45, 2.75) is 18.0 Å². The minimum atomic E-state index is -4.49. The Morgan fingerprint density at radius 1 is 1.56 bits per heavy atom. The van der Waals surface area contributed by atoms with Crippen molar-refractivity contribution in [1.29, 1.82) is 0 Å². The van der Waals surface area contributed by atoms with Crippen molar-refractivity contribution in [3.63, 3.8) is 0 Å². The van der Waals surface area contributed by atoms with Crippen molar-refractivity contribution in [3.8, 4) is 0 Å². The predicted molar refractivity (Wildman–Crippen MR) is 50.2 cm³/mol. The quantitative estimate of drug-likeness (QED) is 0.776. The van der Waals surface area contributed by atoms with Crippen LogP contribution in [0.5, 0.6) is 0 Å². The summed E-state index contributed by atoms with van der Waals surface area (Å²) < 4.78 is 36.8. The molecule has 88 valence electrons. The van der Waals surface area contributed by atoms with Crippen molar-refractivity contribution in [2.24, 2.45) is 0 Å². The van der Waals surface area contributed by atoms with Gasteiger partial charge in [0.25, 0.3) is 0 Å². The number of carbonyl (C=O) groups excluding carboxylic acids is 1. The molecule has 0 aliphatic carbocycles. The minimum Gasteiger partial charge on any atom is -0.294 e. The third-order valence-corrected chi connectivity index (χ3v) is 2.52. The van der Waals surface area contributed by atoms with Gasteiger partial charge in [-0.2, -0.15) is 18.3 Å². The van der Waals surface area contributed by atoms with Gasteiger partial charge in [0, 0.05) is 19.0 Å². The minimum absolute atomic E-state index is 0.0412. The molecule has 1 atom stereocenters. The van der Waals surface area contributed by atoms with Crippen LogP contribution in [0.3, 0.4) is 0 Å². The zero-order valence-corrected chi connectivity index (χ0v) is 8.64. The normalized spacial score (nSPS) is 21.9. The molecule has 16 heavy (non-hydrogen) atoms. The van der Waals surface area contributed by atoms with E-state index in [-0.39, 0.29) is 30.1 Å². The number of halogens is 4. The Morgan fingerprint density at radius 2 is 2.25 bits per heavy atom. The molecule has 1 N–H and O–H groups in total. The molecule has 0 bridgehead atoms. The van der Waals surface area contributed by atoms with E-state index >= 15 is 0 Å². The summed E-state index contributed by atoms with van der Waals surface area (Å²) in [5, 5.41) is 4.92. The van der Waals surface area contributed by atoms with Crippen molar-refractivity contribution in [1.82, 2.24) is 10.2 Å². The Morgan fingerprint density at radius 3 is 2.69 bits per heavy atom.